The molecule has 2 atom stereocenters. The van der Waals surface area contributed by atoms with Crippen LogP contribution in [-0.2, 0) is 4.79 Å². The van der Waals surface area contributed by atoms with Crippen molar-refractivity contribution in [1.29, 1.82) is 0 Å². The Morgan fingerprint density at radius 1 is 1.38 bits per heavy atom. The van der Waals surface area contributed by atoms with E-state index in [1.165, 1.54) is 32.4 Å². The van der Waals surface area contributed by atoms with Crippen molar-refractivity contribution in [2.24, 2.45) is 0 Å². The number of likely N-dealkylation sites (tertiary alicyclic amines) is 1. The summed E-state index contributed by atoms with van der Waals surface area (Å²) in [5.41, 5.74) is 0. The highest BCUT2D eigenvalue weighted by atomic mass is 16.2. The van der Waals surface area contributed by atoms with Crippen LogP contribution in [0.2, 0.25) is 0 Å². The first-order valence-corrected chi connectivity index (χ1v) is 6.45. The van der Waals surface area contributed by atoms with Crippen molar-refractivity contribution in [2.45, 2.75) is 45.3 Å². The van der Waals surface area contributed by atoms with Crippen LogP contribution in [-0.4, -0.2) is 54.1 Å². The van der Waals surface area contributed by atoms with E-state index in [4.69, 9.17) is 0 Å². The van der Waals surface area contributed by atoms with E-state index in [0.717, 1.165) is 6.54 Å². The molecule has 0 aromatic heterocycles. The molecule has 2 saturated heterocycles. The third-order valence-corrected chi connectivity index (χ3v) is 3.81. The lowest BCUT2D eigenvalue weighted by Gasteiger charge is -2.35. The lowest BCUT2D eigenvalue weighted by atomic mass is 10.1. The van der Waals surface area contributed by atoms with Crippen LogP contribution in [0.25, 0.3) is 0 Å². The summed E-state index contributed by atoms with van der Waals surface area (Å²) < 4.78 is 0. The first kappa shape index (κ1) is 11.9. The molecule has 0 aromatic carbocycles. The average molecular weight is 225 g/mol. The Balaban J connectivity index is 1.85. The molecule has 1 N–H and O–H groups in total. The molecule has 2 heterocycles. The van der Waals surface area contributed by atoms with Gasteiger partial charge in [-0.2, -0.15) is 0 Å². The zero-order valence-electron chi connectivity index (χ0n) is 10.4. The third kappa shape index (κ3) is 2.55. The second kappa shape index (κ2) is 5.15. The van der Waals surface area contributed by atoms with E-state index >= 15 is 0 Å². The van der Waals surface area contributed by atoms with Gasteiger partial charge in [0.15, 0.2) is 0 Å². The Morgan fingerprint density at radius 2 is 2.06 bits per heavy atom. The smallest absolute Gasteiger partial charge is 0.237 e. The van der Waals surface area contributed by atoms with Crippen molar-refractivity contribution in [3.05, 3.63) is 0 Å². The molecule has 0 saturated carbocycles. The van der Waals surface area contributed by atoms with Gasteiger partial charge in [0.05, 0.1) is 12.7 Å². The summed E-state index contributed by atoms with van der Waals surface area (Å²) in [6.45, 7) is 8.08. The predicted octanol–water partition coefficient (Wildman–Crippen LogP) is 0.639. The SMILES string of the molecule is CC(CN1C(=O)CNC1C)N1CCCCC1. The highest BCUT2D eigenvalue weighted by Crippen LogP contribution is 2.14. The van der Waals surface area contributed by atoms with E-state index in [-0.39, 0.29) is 12.1 Å². The van der Waals surface area contributed by atoms with Gasteiger partial charge in [-0.3, -0.25) is 15.0 Å². The molecule has 0 radical (unpaired) electrons. The predicted molar refractivity (Wildman–Crippen MR) is 64.1 cm³/mol. The normalized spacial score (nSPS) is 29.8. The molecule has 0 aliphatic carbocycles. The number of carbonyl (C=O) groups is 1. The van der Waals surface area contributed by atoms with Crippen molar-refractivity contribution >= 4 is 5.91 Å². The quantitative estimate of drug-likeness (QED) is 0.765. The maximum atomic E-state index is 11.6. The second-order valence-corrected chi connectivity index (χ2v) is 5.05. The van der Waals surface area contributed by atoms with Gasteiger partial charge < -0.3 is 4.90 Å². The Morgan fingerprint density at radius 3 is 2.62 bits per heavy atom. The Kier molecular flexibility index (Phi) is 3.82. The van der Waals surface area contributed by atoms with Gasteiger partial charge in [0.1, 0.15) is 0 Å². The van der Waals surface area contributed by atoms with E-state index in [9.17, 15) is 4.79 Å². The average Bonchev–Trinajstić information content (AvgIpc) is 2.62. The number of hydrogen-bond donors (Lipinski definition) is 1. The van der Waals surface area contributed by atoms with Gasteiger partial charge in [0.25, 0.3) is 0 Å². The van der Waals surface area contributed by atoms with Crippen molar-refractivity contribution in [2.75, 3.05) is 26.2 Å². The van der Waals surface area contributed by atoms with Gasteiger partial charge in [-0.05, 0) is 39.8 Å². The van der Waals surface area contributed by atoms with Crippen LogP contribution in [0.15, 0.2) is 0 Å². The fraction of sp³-hybridized carbons (Fsp3) is 0.917. The number of nitrogens with zero attached hydrogens (tertiary/aromatic N) is 2. The Bertz CT molecular complexity index is 251. The van der Waals surface area contributed by atoms with Gasteiger partial charge in [-0.1, -0.05) is 6.42 Å². The van der Waals surface area contributed by atoms with E-state index in [2.05, 4.69) is 24.1 Å². The van der Waals surface area contributed by atoms with Crippen LogP contribution in [0.3, 0.4) is 0 Å². The molecule has 4 nitrogen and oxygen atoms in total. The standard InChI is InChI=1S/C12H23N3O/c1-10(14-6-4-3-5-7-14)9-15-11(2)13-8-12(15)16/h10-11,13H,3-9H2,1-2H3. The lowest BCUT2D eigenvalue weighted by molar-refractivity contribution is -0.128. The molecule has 2 fully saturated rings. The van der Waals surface area contributed by atoms with Crippen LogP contribution in [0.4, 0.5) is 0 Å². The van der Waals surface area contributed by atoms with Crippen LogP contribution in [0, 0.1) is 0 Å². The van der Waals surface area contributed by atoms with Crippen LogP contribution < -0.4 is 5.32 Å². The summed E-state index contributed by atoms with van der Waals surface area (Å²) in [6.07, 6.45) is 4.20. The summed E-state index contributed by atoms with van der Waals surface area (Å²) in [7, 11) is 0. The molecule has 2 unspecified atom stereocenters. The molecular formula is C12H23N3O. The molecule has 2 rings (SSSR count). The van der Waals surface area contributed by atoms with E-state index < -0.39 is 0 Å². The van der Waals surface area contributed by atoms with E-state index in [0.29, 0.717) is 12.6 Å². The second-order valence-electron chi connectivity index (χ2n) is 5.05. The van der Waals surface area contributed by atoms with Crippen molar-refractivity contribution in [3.63, 3.8) is 0 Å². The summed E-state index contributed by atoms with van der Waals surface area (Å²) in [5, 5.41) is 3.19. The molecule has 92 valence electrons. The molecule has 1 amide bonds. The van der Waals surface area contributed by atoms with Crippen molar-refractivity contribution < 1.29 is 4.79 Å². The molecule has 0 aromatic rings. The minimum atomic E-state index is 0.208. The third-order valence-electron chi connectivity index (χ3n) is 3.81. The van der Waals surface area contributed by atoms with Gasteiger partial charge in [0.2, 0.25) is 5.91 Å². The Hall–Kier alpha value is -0.610. The molecule has 4 heteroatoms. The number of nitrogens with one attached hydrogen (secondary N) is 1. The first-order chi connectivity index (χ1) is 7.68. The van der Waals surface area contributed by atoms with E-state index in [1.54, 1.807) is 0 Å². The summed E-state index contributed by atoms with van der Waals surface area (Å²) in [6, 6.07) is 0.492. The van der Waals surface area contributed by atoms with Gasteiger partial charge in [0, 0.05) is 12.6 Å². The van der Waals surface area contributed by atoms with Gasteiger partial charge >= 0.3 is 0 Å². The minimum Gasteiger partial charge on any atom is -0.325 e. The highest BCUT2D eigenvalue weighted by Gasteiger charge is 2.29. The molecule has 0 spiro atoms. The number of rotatable bonds is 3. The molecule has 0 bridgehead atoms. The molecule has 2 aliphatic rings. The molecule has 2 aliphatic heterocycles. The van der Waals surface area contributed by atoms with Crippen molar-refractivity contribution in [3.8, 4) is 0 Å². The zero-order valence-corrected chi connectivity index (χ0v) is 10.4. The number of carbonyl (C=O) groups excluding carboxylic acids is 1. The fourth-order valence-corrected chi connectivity index (χ4v) is 2.68. The number of amides is 1. The zero-order chi connectivity index (χ0) is 11.5. The molecule has 16 heavy (non-hydrogen) atoms. The van der Waals surface area contributed by atoms with Crippen LogP contribution in [0.5, 0.6) is 0 Å². The Labute approximate surface area is 98.0 Å². The van der Waals surface area contributed by atoms with Crippen LogP contribution in [0.1, 0.15) is 33.1 Å². The minimum absolute atomic E-state index is 0.208. The summed E-state index contributed by atoms with van der Waals surface area (Å²) >= 11 is 0. The van der Waals surface area contributed by atoms with Gasteiger partial charge in [-0.15, -0.1) is 0 Å². The van der Waals surface area contributed by atoms with Crippen molar-refractivity contribution in [1.82, 2.24) is 15.1 Å². The van der Waals surface area contributed by atoms with E-state index in [1.807, 2.05) is 4.90 Å². The monoisotopic (exact) mass is 225 g/mol. The highest BCUT2D eigenvalue weighted by molar-refractivity contribution is 5.80. The topological polar surface area (TPSA) is 35.6 Å². The maximum absolute atomic E-state index is 11.6. The summed E-state index contributed by atoms with van der Waals surface area (Å²) in [5.74, 6) is 0.247. The maximum Gasteiger partial charge on any atom is 0.237 e. The largest absolute Gasteiger partial charge is 0.325 e. The fourth-order valence-electron chi connectivity index (χ4n) is 2.68. The number of piperidine rings is 1. The lowest BCUT2D eigenvalue weighted by Crippen LogP contribution is -2.47. The van der Waals surface area contributed by atoms with Crippen LogP contribution >= 0.6 is 0 Å². The van der Waals surface area contributed by atoms with Gasteiger partial charge in [-0.25, -0.2) is 0 Å². The summed E-state index contributed by atoms with van der Waals surface area (Å²) in [4.78, 5) is 16.1. The molecular weight excluding hydrogens is 202 g/mol. The first-order valence-electron chi connectivity index (χ1n) is 6.45. The number of hydrogen-bond acceptors (Lipinski definition) is 3.